The zero-order valence-corrected chi connectivity index (χ0v) is 16.6. The van der Waals surface area contributed by atoms with Gasteiger partial charge in [0.15, 0.2) is 4.80 Å². The van der Waals surface area contributed by atoms with E-state index in [1.54, 1.807) is 0 Å². The van der Waals surface area contributed by atoms with Crippen molar-refractivity contribution in [3.8, 4) is 22.4 Å². The number of carbonyl (C=O) groups is 1. The number of carbonyl (C=O) groups excluding carboxylic acids is 1. The minimum atomic E-state index is -0.226. The average Bonchev–Trinajstić information content (AvgIpc) is 3.02. The van der Waals surface area contributed by atoms with Crippen molar-refractivity contribution >= 4 is 17.2 Å². The smallest absolute Gasteiger partial charge is 0.280 e. The fourth-order valence-electron chi connectivity index (χ4n) is 3.36. The molecular weight excluding hydrogens is 364 g/mol. The van der Waals surface area contributed by atoms with Gasteiger partial charge in [-0.3, -0.25) is 4.79 Å². The van der Waals surface area contributed by atoms with E-state index in [4.69, 9.17) is 0 Å². The zero-order chi connectivity index (χ0) is 19.5. The molecule has 0 radical (unpaired) electrons. The molecule has 0 unspecified atom stereocenters. The first kappa shape index (κ1) is 18.1. The molecule has 1 aromatic heterocycles. The Labute approximate surface area is 168 Å². The summed E-state index contributed by atoms with van der Waals surface area (Å²) >= 11 is 1.54. The summed E-state index contributed by atoms with van der Waals surface area (Å²) in [6.45, 7) is 2.06. The van der Waals surface area contributed by atoms with Crippen molar-refractivity contribution in [3.05, 3.63) is 100 Å². The Bertz CT molecular complexity index is 1190. The largest absolute Gasteiger partial charge is 0.319 e. The van der Waals surface area contributed by atoms with E-state index < -0.39 is 0 Å². The van der Waals surface area contributed by atoms with Gasteiger partial charge in [0.1, 0.15) is 0 Å². The summed E-state index contributed by atoms with van der Waals surface area (Å²) in [6.07, 6.45) is 0. The van der Waals surface area contributed by atoms with Gasteiger partial charge in [-0.05, 0) is 29.7 Å². The van der Waals surface area contributed by atoms with Crippen molar-refractivity contribution in [2.45, 2.75) is 6.92 Å². The van der Waals surface area contributed by atoms with E-state index in [1.807, 2.05) is 84.4 Å². The third-order valence-corrected chi connectivity index (χ3v) is 5.73. The van der Waals surface area contributed by atoms with Gasteiger partial charge in [0, 0.05) is 17.5 Å². The molecular formula is C24H20N2OS. The van der Waals surface area contributed by atoms with E-state index in [0.717, 1.165) is 27.3 Å². The molecule has 0 atom stereocenters. The summed E-state index contributed by atoms with van der Waals surface area (Å²) in [4.78, 5) is 19.3. The maximum Gasteiger partial charge on any atom is 0.280 e. The van der Waals surface area contributed by atoms with Crippen LogP contribution in [0.4, 0.5) is 0 Å². The number of nitrogens with zero attached hydrogens (tertiary/aromatic N) is 2. The number of amides is 1. The normalized spacial score (nSPS) is 11.6. The Kier molecular flexibility index (Phi) is 5.04. The predicted octanol–water partition coefficient (Wildman–Crippen LogP) is 5.47. The van der Waals surface area contributed by atoms with Crippen LogP contribution in [0.1, 0.15) is 15.2 Å². The molecule has 3 aromatic carbocycles. The lowest BCUT2D eigenvalue weighted by atomic mass is 9.99. The van der Waals surface area contributed by atoms with E-state index >= 15 is 0 Å². The van der Waals surface area contributed by atoms with Crippen molar-refractivity contribution in [3.63, 3.8) is 0 Å². The van der Waals surface area contributed by atoms with Gasteiger partial charge < -0.3 is 4.57 Å². The molecule has 0 aliphatic carbocycles. The summed E-state index contributed by atoms with van der Waals surface area (Å²) in [6, 6.07) is 27.8. The summed E-state index contributed by atoms with van der Waals surface area (Å²) in [5.74, 6) is -0.226. The van der Waals surface area contributed by atoms with Gasteiger partial charge in [0.05, 0.1) is 5.69 Å². The molecule has 3 nitrogen and oxygen atoms in total. The number of aromatic nitrogens is 1. The Morgan fingerprint density at radius 2 is 1.39 bits per heavy atom. The molecule has 0 bridgehead atoms. The molecule has 4 heteroatoms. The maximum atomic E-state index is 13.0. The van der Waals surface area contributed by atoms with Gasteiger partial charge in [-0.1, -0.05) is 78.9 Å². The van der Waals surface area contributed by atoms with Crippen LogP contribution in [-0.4, -0.2) is 10.5 Å². The van der Waals surface area contributed by atoms with Crippen molar-refractivity contribution in [1.29, 1.82) is 0 Å². The minimum Gasteiger partial charge on any atom is -0.319 e. The third kappa shape index (κ3) is 3.47. The second-order valence-electron chi connectivity index (χ2n) is 6.54. The van der Waals surface area contributed by atoms with Gasteiger partial charge in [0.2, 0.25) is 0 Å². The molecule has 0 fully saturated rings. The van der Waals surface area contributed by atoms with Gasteiger partial charge in [-0.25, -0.2) is 0 Å². The monoisotopic (exact) mass is 384 g/mol. The number of hydrogen-bond acceptors (Lipinski definition) is 2. The van der Waals surface area contributed by atoms with Crippen molar-refractivity contribution in [1.82, 2.24) is 4.57 Å². The lowest BCUT2D eigenvalue weighted by Crippen LogP contribution is -2.14. The highest BCUT2D eigenvalue weighted by atomic mass is 32.1. The van der Waals surface area contributed by atoms with Crippen LogP contribution in [0.5, 0.6) is 0 Å². The second kappa shape index (κ2) is 7.79. The Hall–Kier alpha value is -3.24. The van der Waals surface area contributed by atoms with Crippen LogP contribution in [0.2, 0.25) is 0 Å². The number of hydrogen-bond donors (Lipinski definition) is 0. The first-order valence-electron chi connectivity index (χ1n) is 9.10. The van der Waals surface area contributed by atoms with E-state index in [1.165, 1.54) is 11.3 Å². The minimum absolute atomic E-state index is 0.226. The van der Waals surface area contributed by atoms with E-state index in [-0.39, 0.29) is 5.91 Å². The fourth-order valence-corrected chi connectivity index (χ4v) is 4.34. The molecule has 0 N–H and O–H groups in total. The van der Waals surface area contributed by atoms with Crippen molar-refractivity contribution in [2.75, 3.05) is 0 Å². The zero-order valence-electron chi connectivity index (χ0n) is 15.8. The Morgan fingerprint density at radius 3 is 2.07 bits per heavy atom. The number of benzene rings is 3. The predicted molar refractivity (Wildman–Crippen MR) is 115 cm³/mol. The highest BCUT2D eigenvalue weighted by Crippen LogP contribution is 2.25. The summed E-state index contributed by atoms with van der Waals surface area (Å²) in [7, 11) is 1.96. The lowest BCUT2D eigenvalue weighted by molar-refractivity contribution is 0.0998. The summed E-state index contributed by atoms with van der Waals surface area (Å²) in [5.41, 5.74) is 4.74. The Balaban J connectivity index is 1.79. The van der Waals surface area contributed by atoms with Crippen LogP contribution in [-0.2, 0) is 7.05 Å². The number of thiazole rings is 1. The molecule has 4 rings (SSSR count). The quantitative estimate of drug-likeness (QED) is 0.461. The molecule has 0 aliphatic heterocycles. The molecule has 0 saturated heterocycles. The van der Waals surface area contributed by atoms with Crippen LogP contribution < -0.4 is 4.80 Å². The second-order valence-corrected chi connectivity index (χ2v) is 7.72. The van der Waals surface area contributed by atoms with Crippen LogP contribution in [0, 0.1) is 6.92 Å². The summed E-state index contributed by atoms with van der Waals surface area (Å²) in [5, 5.41) is 0. The maximum absolute atomic E-state index is 13.0. The topological polar surface area (TPSA) is 34.4 Å². The SMILES string of the molecule is Cc1sc(=NC(=O)c2ccccc2-c2ccccc2)n(C)c1-c1ccccc1. The third-order valence-electron chi connectivity index (χ3n) is 4.69. The lowest BCUT2D eigenvalue weighted by Gasteiger charge is -2.06. The first-order valence-corrected chi connectivity index (χ1v) is 9.92. The van der Waals surface area contributed by atoms with Crippen molar-refractivity contribution in [2.24, 2.45) is 12.0 Å². The highest BCUT2D eigenvalue weighted by Gasteiger charge is 2.14. The molecule has 1 amide bonds. The molecule has 0 saturated carbocycles. The average molecular weight is 385 g/mol. The molecule has 0 spiro atoms. The van der Waals surface area contributed by atoms with Crippen molar-refractivity contribution < 1.29 is 4.79 Å². The van der Waals surface area contributed by atoms with E-state index in [2.05, 4.69) is 24.0 Å². The number of aryl methyl sites for hydroxylation is 1. The molecule has 28 heavy (non-hydrogen) atoms. The van der Waals surface area contributed by atoms with Gasteiger partial charge in [-0.2, -0.15) is 4.99 Å². The Morgan fingerprint density at radius 1 is 0.821 bits per heavy atom. The summed E-state index contributed by atoms with van der Waals surface area (Å²) < 4.78 is 2.00. The number of rotatable bonds is 3. The van der Waals surface area contributed by atoms with Crippen LogP contribution >= 0.6 is 11.3 Å². The van der Waals surface area contributed by atoms with Crippen LogP contribution in [0.15, 0.2) is 89.9 Å². The molecule has 138 valence electrons. The highest BCUT2D eigenvalue weighted by molar-refractivity contribution is 7.09. The van der Waals surface area contributed by atoms with Gasteiger partial charge in [-0.15, -0.1) is 11.3 Å². The van der Waals surface area contributed by atoms with Crippen LogP contribution in [0.25, 0.3) is 22.4 Å². The van der Waals surface area contributed by atoms with Crippen LogP contribution in [0.3, 0.4) is 0 Å². The first-order chi connectivity index (χ1) is 13.6. The van der Waals surface area contributed by atoms with E-state index in [0.29, 0.717) is 10.4 Å². The van der Waals surface area contributed by atoms with E-state index in [9.17, 15) is 4.79 Å². The fraction of sp³-hybridized carbons (Fsp3) is 0.0833. The molecule has 1 heterocycles. The molecule has 4 aromatic rings. The molecule has 0 aliphatic rings. The van der Waals surface area contributed by atoms with Gasteiger partial charge in [0.25, 0.3) is 5.91 Å². The van der Waals surface area contributed by atoms with Gasteiger partial charge >= 0.3 is 0 Å². The standard InChI is InChI=1S/C24H20N2OS/c1-17-22(19-13-7-4-8-14-19)26(2)24(28-17)25-23(27)21-16-10-9-15-20(21)18-11-5-3-6-12-18/h3-16H,1-2H3.